The lowest BCUT2D eigenvalue weighted by molar-refractivity contribution is -0.172. The molecule has 248 valence electrons. The van der Waals surface area contributed by atoms with Crippen molar-refractivity contribution in [3.05, 3.63) is 97.1 Å². The van der Waals surface area contributed by atoms with Crippen LogP contribution in [0.2, 0.25) is 0 Å². The minimum absolute atomic E-state index is 0.00433. The third kappa shape index (κ3) is 4.63. The van der Waals surface area contributed by atoms with Gasteiger partial charge in [-0.1, -0.05) is 52.8 Å². The fourth-order valence-corrected chi connectivity index (χ4v) is 10.2. The number of cyclic esters (lactones) is 1. The molecule has 2 aliphatic carbocycles. The number of pyridine rings is 2. The lowest BCUT2D eigenvalue weighted by atomic mass is 9.81. The molecule has 2 aromatic carbocycles. The van der Waals surface area contributed by atoms with Crippen LogP contribution in [0.3, 0.4) is 0 Å². The van der Waals surface area contributed by atoms with Crippen LogP contribution in [0, 0.1) is 12.7 Å². The van der Waals surface area contributed by atoms with Gasteiger partial charge in [0.1, 0.15) is 18.5 Å². The van der Waals surface area contributed by atoms with Gasteiger partial charge in [0.05, 0.1) is 40.3 Å². The Hall–Kier alpha value is -3.87. The molecule has 2 N–H and O–H groups in total. The highest BCUT2D eigenvalue weighted by Crippen LogP contribution is 2.48. The van der Waals surface area contributed by atoms with Gasteiger partial charge in [-0.15, -0.1) is 0 Å². The van der Waals surface area contributed by atoms with Crippen molar-refractivity contribution in [1.29, 1.82) is 0 Å². The molecular formula is C36H34FN3O6S2. The first-order chi connectivity index (χ1) is 23.1. The van der Waals surface area contributed by atoms with E-state index in [9.17, 15) is 19.5 Å². The first-order valence-electron chi connectivity index (χ1n) is 16.2. The summed E-state index contributed by atoms with van der Waals surface area (Å²) in [5.74, 6) is -1.17. The first-order valence-corrected chi connectivity index (χ1v) is 18.8. The molecule has 9 nitrogen and oxygen atoms in total. The zero-order valence-electron chi connectivity index (χ0n) is 26.7. The Morgan fingerprint density at radius 1 is 1.19 bits per heavy atom. The standard InChI is InChI=1S/C36H34FN3O6S2/c1-4-36(44)23-13-27-31-21(15-40(27)33(41)22(23)16-45-34(36)42)30-25(11-10-19-17(2)24(37)14-26(38-31)29(19)30)39-35(43)46-28-12-9-18-7-5-6-8-20(18)32(28)48-47-3/h5-8,13-14,25,28,32,44H,4,9-12,15-16H2,1-3H3,(H,39,43)/t25-,28+,32+,36-/m0/s1. The van der Waals surface area contributed by atoms with Crippen molar-refractivity contribution in [2.24, 2.45) is 0 Å². The molecule has 2 aromatic heterocycles. The summed E-state index contributed by atoms with van der Waals surface area (Å²) in [5.41, 5.74) is 4.77. The molecule has 1 amide bonds. The monoisotopic (exact) mass is 687 g/mol. The van der Waals surface area contributed by atoms with E-state index in [0.717, 1.165) is 28.5 Å². The number of esters is 1. The molecule has 4 aromatic rings. The Balaban J connectivity index is 1.21. The van der Waals surface area contributed by atoms with Crippen LogP contribution >= 0.6 is 21.6 Å². The quantitative estimate of drug-likeness (QED) is 0.162. The minimum atomic E-state index is -1.97. The number of ether oxygens (including phenoxy) is 2. The van der Waals surface area contributed by atoms with Crippen LogP contribution in [0.15, 0.2) is 41.2 Å². The third-order valence-corrected chi connectivity index (χ3v) is 12.7. The molecule has 2 aliphatic heterocycles. The van der Waals surface area contributed by atoms with Crippen molar-refractivity contribution in [2.45, 2.75) is 82.1 Å². The maximum absolute atomic E-state index is 15.3. The highest BCUT2D eigenvalue weighted by Gasteiger charge is 2.46. The molecule has 0 unspecified atom stereocenters. The Labute approximate surface area is 284 Å². The van der Waals surface area contributed by atoms with Gasteiger partial charge in [0.2, 0.25) is 0 Å². The fourth-order valence-electron chi connectivity index (χ4n) is 8.04. The van der Waals surface area contributed by atoms with Crippen LogP contribution in [-0.4, -0.2) is 39.1 Å². The fraction of sp³-hybridized carbons (Fsp3) is 0.389. The lowest BCUT2D eigenvalue weighted by Crippen LogP contribution is -2.44. The summed E-state index contributed by atoms with van der Waals surface area (Å²) < 4.78 is 28.2. The summed E-state index contributed by atoms with van der Waals surface area (Å²) in [6.07, 6.45) is 3.77. The second kappa shape index (κ2) is 11.6. The largest absolute Gasteiger partial charge is 0.458 e. The number of carbonyl (C=O) groups excluding carboxylic acids is 2. The number of fused-ring (bicyclic) bond motifs is 6. The van der Waals surface area contributed by atoms with Crippen LogP contribution in [0.5, 0.6) is 0 Å². The van der Waals surface area contributed by atoms with Crippen molar-refractivity contribution in [1.82, 2.24) is 14.9 Å². The van der Waals surface area contributed by atoms with Gasteiger partial charge < -0.3 is 24.5 Å². The van der Waals surface area contributed by atoms with Crippen molar-refractivity contribution < 1.29 is 28.6 Å². The SMILES string of the molecule is CC[C@@]1(O)C(=O)OCc2c1cc1n(c2=O)Cc2c-1nc1cc(F)c(C)c3c1c2[C@@H](NC(=O)O[C@@H]1CCc2ccccc2[C@H]1SSC)CC3. The van der Waals surface area contributed by atoms with Gasteiger partial charge in [0, 0.05) is 22.6 Å². The predicted molar refractivity (Wildman–Crippen MR) is 182 cm³/mol. The molecule has 0 radical (unpaired) electrons. The number of amides is 1. The lowest BCUT2D eigenvalue weighted by Gasteiger charge is -2.33. The average Bonchev–Trinajstić information content (AvgIpc) is 3.45. The number of hydrogen-bond donors (Lipinski definition) is 2. The van der Waals surface area contributed by atoms with E-state index in [1.165, 1.54) is 17.2 Å². The summed E-state index contributed by atoms with van der Waals surface area (Å²) in [6, 6.07) is 10.9. The number of aromatic nitrogens is 2. The number of benzene rings is 2. The molecule has 4 atom stereocenters. The number of aryl methyl sites for hydroxylation is 2. The van der Waals surface area contributed by atoms with Crippen molar-refractivity contribution >= 4 is 44.6 Å². The number of aliphatic hydroxyl groups is 1. The molecular weight excluding hydrogens is 654 g/mol. The number of nitrogens with one attached hydrogen (secondary N) is 1. The van der Waals surface area contributed by atoms with Gasteiger partial charge in [0.15, 0.2) is 5.60 Å². The van der Waals surface area contributed by atoms with Crippen LogP contribution in [0.25, 0.3) is 22.3 Å². The Bertz CT molecular complexity index is 2120. The van der Waals surface area contributed by atoms with Gasteiger partial charge in [-0.25, -0.2) is 19.0 Å². The molecule has 0 spiro atoms. The topological polar surface area (TPSA) is 120 Å². The zero-order chi connectivity index (χ0) is 33.5. The average molecular weight is 688 g/mol. The molecule has 48 heavy (non-hydrogen) atoms. The van der Waals surface area contributed by atoms with Gasteiger partial charge >= 0.3 is 12.1 Å². The van der Waals surface area contributed by atoms with Gasteiger partial charge in [-0.3, -0.25) is 4.79 Å². The molecule has 0 saturated carbocycles. The predicted octanol–water partition coefficient (Wildman–Crippen LogP) is 6.31. The second-order valence-corrected chi connectivity index (χ2v) is 15.5. The Morgan fingerprint density at radius 2 is 2.00 bits per heavy atom. The highest BCUT2D eigenvalue weighted by molar-refractivity contribution is 8.76. The van der Waals surface area contributed by atoms with Crippen LogP contribution < -0.4 is 10.9 Å². The van der Waals surface area contributed by atoms with E-state index in [-0.39, 0.29) is 53.4 Å². The van der Waals surface area contributed by atoms with Gasteiger partial charge in [-0.05, 0) is 79.2 Å². The van der Waals surface area contributed by atoms with E-state index >= 15 is 4.39 Å². The number of nitrogens with zero attached hydrogens (tertiary/aromatic N) is 2. The molecule has 8 rings (SSSR count). The summed E-state index contributed by atoms with van der Waals surface area (Å²) in [7, 11) is 3.34. The van der Waals surface area contributed by atoms with Gasteiger partial charge in [-0.2, -0.15) is 0 Å². The van der Waals surface area contributed by atoms with Crippen molar-refractivity contribution in [3.63, 3.8) is 0 Å². The third-order valence-electron chi connectivity index (χ3n) is 10.5. The highest BCUT2D eigenvalue weighted by atomic mass is 33.1. The van der Waals surface area contributed by atoms with E-state index in [1.54, 1.807) is 46.1 Å². The maximum atomic E-state index is 15.3. The molecule has 4 aliphatic rings. The second-order valence-electron chi connectivity index (χ2n) is 12.9. The summed E-state index contributed by atoms with van der Waals surface area (Å²) in [6.45, 7) is 3.34. The van der Waals surface area contributed by atoms with Crippen LogP contribution in [0.4, 0.5) is 9.18 Å². The molecule has 0 bridgehead atoms. The van der Waals surface area contributed by atoms with E-state index < -0.39 is 23.7 Å². The maximum Gasteiger partial charge on any atom is 0.407 e. The Morgan fingerprint density at radius 3 is 2.79 bits per heavy atom. The number of carbonyl (C=O) groups is 2. The minimum Gasteiger partial charge on any atom is -0.458 e. The van der Waals surface area contributed by atoms with E-state index in [2.05, 4.69) is 17.4 Å². The van der Waals surface area contributed by atoms with E-state index in [0.29, 0.717) is 41.7 Å². The molecule has 0 fully saturated rings. The van der Waals surface area contributed by atoms with Crippen LogP contribution in [-0.2, 0) is 45.9 Å². The smallest absolute Gasteiger partial charge is 0.407 e. The molecule has 12 heteroatoms. The van der Waals surface area contributed by atoms with Crippen LogP contribution in [0.1, 0.15) is 82.0 Å². The number of halogens is 1. The molecule has 0 saturated heterocycles. The van der Waals surface area contributed by atoms with E-state index in [1.807, 2.05) is 18.4 Å². The van der Waals surface area contributed by atoms with Crippen molar-refractivity contribution in [3.8, 4) is 11.4 Å². The summed E-state index contributed by atoms with van der Waals surface area (Å²) in [4.78, 5) is 45.2. The summed E-state index contributed by atoms with van der Waals surface area (Å²) >= 11 is 0. The van der Waals surface area contributed by atoms with Crippen molar-refractivity contribution in [2.75, 3.05) is 6.26 Å². The Kier molecular flexibility index (Phi) is 7.61. The first kappa shape index (κ1) is 31.4. The number of rotatable bonds is 5. The zero-order valence-corrected chi connectivity index (χ0v) is 28.4. The van der Waals surface area contributed by atoms with E-state index in [4.69, 9.17) is 14.5 Å². The number of hydrogen-bond acceptors (Lipinski definition) is 9. The summed E-state index contributed by atoms with van der Waals surface area (Å²) in [5, 5.41) is 15.2. The number of alkyl carbamates (subject to hydrolysis) is 1. The van der Waals surface area contributed by atoms with Gasteiger partial charge in [0.25, 0.3) is 5.56 Å². The normalized spacial score (nSPS) is 23.5. The molecule has 4 heterocycles.